The Bertz CT molecular complexity index is 613. The van der Waals surface area contributed by atoms with Crippen molar-refractivity contribution in [3.63, 3.8) is 0 Å². The number of carbonyl (C=O) groups is 1. The van der Waals surface area contributed by atoms with Gasteiger partial charge in [-0.25, -0.2) is 0 Å². The summed E-state index contributed by atoms with van der Waals surface area (Å²) in [7, 11) is 0. The van der Waals surface area contributed by atoms with Crippen LogP contribution in [0, 0.1) is 0 Å². The highest BCUT2D eigenvalue weighted by molar-refractivity contribution is 8.01. The van der Waals surface area contributed by atoms with E-state index in [1.807, 2.05) is 11.8 Å². The first-order valence-corrected chi connectivity index (χ1v) is 9.99. The molecule has 22 heavy (non-hydrogen) atoms. The summed E-state index contributed by atoms with van der Waals surface area (Å²) >= 11 is 4.72. The average molecular weight is 355 g/mol. The Morgan fingerprint density at radius 1 is 1.55 bits per heavy atom. The molecule has 5 nitrogen and oxygen atoms in total. The normalized spacial score (nSPS) is 17.9. The second-order valence-electron chi connectivity index (χ2n) is 4.95. The lowest BCUT2D eigenvalue weighted by atomic mass is 10.2. The minimum absolute atomic E-state index is 0.195. The first-order valence-electron chi connectivity index (χ1n) is 7.31. The predicted molar refractivity (Wildman–Crippen MR) is 92.8 cm³/mol. The molecular weight excluding hydrogens is 336 g/mol. The Kier molecular flexibility index (Phi) is 5.32. The van der Waals surface area contributed by atoms with E-state index in [9.17, 15) is 4.79 Å². The Hall–Kier alpha value is -1.12. The lowest BCUT2D eigenvalue weighted by Crippen LogP contribution is -2.31. The molecule has 1 atom stereocenters. The van der Waals surface area contributed by atoms with Gasteiger partial charge in [-0.1, -0.05) is 29.2 Å². The molecular formula is C14H18N4OS3. The molecule has 2 aromatic heterocycles. The smallest absolute Gasteiger partial charge is 0.233 e. The highest BCUT2D eigenvalue weighted by Gasteiger charge is 2.30. The second-order valence-corrected chi connectivity index (χ2v) is 8.13. The van der Waals surface area contributed by atoms with Crippen molar-refractivity contribution >= 4 is 45.5 Å². The fourth-order valence-corrected chi connectivity index (χ4v) is 5.12. The van der Waals surface area contributed by atoms with Gasteiger partial charge in [-0.15, -0.1) is 21.5 Å². The summed E-state index contributed by atoms with van der Waals surface area (Å²) in [5.74, 6) is 0.629. The molecule has 1 saturated heterocycles. The molecule has 1 fully saturated rings. The lowest BCUT2D eigenvalue weighted by Gasteiger charge is -2.23. The van der Waals surface area contributed by atoms with Crippen LogP contribution in [-0.2, 0) is 4.79 Å². The number of thiophene rings is 1. The second kappa shape index (κ2) is 7.43. The monoisotopic (exact) mass is 354 g/mol. The number of aromatic nitrogens is 2. The third-order valence-electron chi connectivity index (χ3n) is 3.50. The number of rotatable bonds is 6. The van der Waals surface area contributed by atoms with Crippen LogP contribution in [0.2, 0.25) is 0 Å². The summed E-state index contributed by atoms with van der Waals surface area (Å²) < 4.78 is 0.844. The lowest BCUT2D eigenvalue weighted by molar-refractivity contribution is -0.129. The van der Waals surface area contributed by atoms with Crippen molar-refractivity contribution < 1.29 is 4.79 Å². The van der Waals surface area contributed by atoms with Crippen molar-refractivity contribution in [2.24, 2.45) is 0 Å². The molecule has 0 radical (unpaired) electrons. The number of hydrogen-bond donors (Lipinski definition) is 1. The summed E-state index contributed by atoms with van der Waals surface area (Å²) in [5.41, 5.74) is 0. The zero-order chi connectivity index (χ0) is 15.4. The molecule has 118 valence electrons. The summed E-state index contributed by atoms with van der Waals surface area (Å²) in [6.45, 7) is 3.71. The summed E-state index contributed by atoms with van der Waals surface area (Å²) in [6.07, 6.45) is 2.16. The van der Waals surface area contributed by atoms with Gasteiger partial charge in [0.15, 0.2) is 4.34 Å². The van der Waals surface area contributed by atoms with Gasteiger partial charge in [-0.3, -0.25) is 4.79 Å². The highest BCUT2D eigenvalue weighted by atomic mass is 32.2. The third kappa shape index (κ3) is 3.61. The van der Waals surface area contributed by atoms with Crippen LogP contribution in [0.1, 0.15) is 30.7 Å². The van der Waals surface area contributed by atoms with Gasteiger partial charge in [0.05, 0.1) is 11.8 Å². The summed E-state index contributed by atoms with van der Waals surface area (Å²) in [5, 5.41) is 14.2. The molecule has 8 heteroatoms. The molecule has 1 aliphatic heterocycles. The first kappa shape index (κ1) is 15.8. The van der Waals surface area contributed by atoms with E-state index in [1.165, 1.54) is 28.0 Å². The van der Waals surface area contributed by atoms with Crippen LogP contribution in [0.4, 0.5) is 5.13 Å². The van der Waals surface area contributed by atoms with E-state index in [1.54, 1.807) is 11.3 Å². The summed E-state index contributed by atoms with van der Waals surface area (Å²) in [6, 6.07) is 4.45. The quantitative estimate of drug-likeness (QED) is 0.805. The minimum Gasteiger partial charge on any atom is -0.360 e. The maximum absolute atomic E-state index is 12.5. The highest BCUT2D eigenvalue weighted by Crippen LogP contribution is 2.35. The van der Waals surface area contributed by atoms with Crippen LogP contribution in [0.5, 0.6) is 0 Å². The standard InChI is InChI=1S/C14H18N4OS3/c1-2-15-13-16-17-14(22-13)21-9-12(19)18-7-3-5-10(18)11-6-4-8-20-11/h4,6,8,10H,2-3,5,7,9H2,1H3,(H,15,16). The molecule has 1 unspecified atom stereocenters. The molecule has 1 aliphatic rings. The van der Waals surface area contributed by atoms with Gasteiger partial charge in [0.1, 0.15) is 0 Å². The Balaban J connectivity index is 1.56. The SMILES string of the molecule is CCNc1nnc(SCC(=O)N2CCCC2c2cccs2)s1. The maximum Gasteiger partial charge on any atom is 0.233 e. The molecule has 1 N–H and O–H groups in total. The number of likely N-dealkylation sites (tertiary alicyclic amines) is 1. The van der Waals surface area contributed by atoms with Crippen LogP contribution >= 0.6 is 34.4 Å². The zero-order valence-corrected chi connectivity index (χ0v) is 14.8. The number of anilines is 1. The topological polar surface area (TPSA) is 58.1 Å². The maximum atomic E-state index is 12.5. The number of nitrogens with one attached hydrogen (secondary N) is 1. The van der Waals surface area contributed by atoms with Gasteiger partial charge >= 0.3 is 0 Å². The average Bonchev–Trinajstić information content (AvgIpc) is 3.25. The van der Waals surface area contributed by atoms with Crippen molar-refractivity contribution in [3.8, 4) is 0 Å². The van der Waals surface area contributed by atoms with Gasteiger partial charge in [0.2, 0.25) is 11.0 Å². The predicted octanol–water partition coefficient (Wildman–Crippen LogP) is 3.49. The van der Waals surface area contributed by atoms with Crippen molar-refractivity contribution in [2.45, 2.75) is 30.1 Å². The van der Waals surface area contributed by atoms with Gasteiger partial charge in [0, 0.05) is 18.0 Å². The van der Waals surface area contributed by atoms with E-state index in [-0.39, 0.29) is 11.9 Å². The molecule has 0 spiro atoms. The van der Waals surface area contributed by atoms with Crippen LogP contribution in [0.25, 0.3) is 0 Å². The number of amides is 1. The molecule has 2 aromatic rings. The van der Waals surface area contributed by atoms with E-state index in [2.05, 4.69) is 33.0 Å². The third-order valence-corrected chi connectivity index (χ3v) is 6.47. The van der Waals surface area contributed by atoms with Crippen LogP contribution in [0.3, 0.4) is 0 Å². The van der Waals surface area contributed by atoms with Gasteiger partial charge in [0.25, 0.3) is 0 Å². The van der Waals surface area contributed by atoms with E-state index in [4.69, 9.17) is 0 Å². The fraction of sp³-hybridized carbons (Fsp3) is 0.500. The molecule has 1 amide bonds. The minimum atomic E-state index is 0.195. The Labute approximate surface area is 142 Å². The van der Waals surface area contributed by atoms with E-state index < -0.39 is 0 Å². The van der Waals surface area contributed by atoms with Crippen molar-refractivity contribution in [3.05, 3.63) is 22.4 Å². The van der Waals surface area contributed by atoms with Crippen LogP contribution < -0.4 is 5.32 Å². The van der Waals surface area contributed by atoms with Gasteiger partial charge < -0.3 is 10.2 Å². The molecule has 3 rings (SSSR count). The van der Waals surface area contributed by atoms with Crippen molar-refractivity contribution in [1.29, 1.82) is 0 Å². The number of thioether (sulfide) groups is 1. The summed E-state index contributed by atoms with van der Waals surface area (Å²) in [4.78, 5) is 15.8. The largest absolute Gasteiger partial charge is 0.360 e. The van der Waals surface area contributed by atoms with E-state index in [0.717, 1.165) is 35.4 Å². The van der Waals surface area contributed by atoms with Gasteiger partial charge in [-0.2, -0.15) is 0 Å². The Morgan fingerprint density at radius 3 is 3.23 bits per heavy atom. The Morgan fingerprint density at radius 2 is 2.45 bits per heavy atom. The first-order chi connectivity index (χ1) is 10.8. The molecule has 0 aliphatic carbocycles. The number of nitrogens with zero attached hydrogens (tertiary/aromatic N) is 3. The number of hydrogen-bond acceptors (Lipinski definition) is 7. The number of carbonyl (C=O) groups excluding carboxylic acids is 1. The van der Waals surface area contributed by atoms with Gasteiger partial charge in [-0.05, 0) is 31.2 Å². The van der Waals surface area contributed by atoms with E-state index >= 15 is 0 Å². The van der Waals surface area contributed by atoms with Crippen molar-refractivity contribution in [2.75, 3.05) is 24.2 Å². The zero-order valence-electron chi connectivity index (χ0n) is 12.3. The molecule has 0 bridgehead atoms. The van der Waals surface area contributed by atoms with Crippen LogP contribution in [-0.4, -0.2) is 39.8 Å². The van der Waals surface area contributed by atoms with E-state index in [0.29, 0.717) is 5.75 Å². The molecule has 3 heterocycles. The van der Waals surface area contributed by atoms with Crippen molar-refractivity contribution in [1.82, 2.24) is 15.1 Å². The fourth-order valence-electron chi connectivity index (χ4n) is 2.54. The molecule has 0 aromatic carbocycles. The molecule has 0 saturated carbocycles. The van der Waals surface area contributed by atoms with Crippen LogP contribution in [0.15, 0.2) is 21.9 Å².